The van der Waals surface area contributed by atoms with Crippen LogP contribution in [0.25, 0.3) is 17.2 Å². The molecule has 3 heterocycles. The van der Waals surface area contributed by atoms with E-state index >= 15 is 0 Å². The Labute approximate surface area is 174 Å². The average Bonchev–Trinajstić information content (AvgIpc) is 3.22. The molecule has 4 rings (SSSR count). The van der Waals surface area contributed by atoms with Crippen LogP contribution in [-0.4, -0.2) is 41.3 Å². The van der Waals surface area contributed by atoms with Gasteiger partial charge in [-0.25, -0.2) is 28.2 Å². The van der Waals surface area contributed by atoms with Crippen LogP contribution in [0.2, 0.25) is 0 Å². The second-order valence-corrected chi connectivity index (χ2v) is 6.74. The van der Waals surface area contributed by atoms with E-state index in [0.29, 0.717) is 12.3 Å². The van der Waals surface area contributed by atoms with Gasteiger partial charge in [0, 0.05) is 13.0 Å². The molecule has 0 radical (unpaired) electrons. The Morgan fingerprint density at radius 1 is 1.06 bits per heavy atom. The highest BCUT2D eigenvalue weighted by atomic mass is 19.1. The van der Waals surface area contributed by atoms with Crippen LogP contribution in [0.4, 0.5) is 13.2 Å². The number of nitrogens with zero attached hydrogens (tertiary/aromatic N) is 6. The molecule has 31 heavy (non-hydrogen) atoms. The fourth-order valence-electron chi connectivity index (χ4n) is 3.01. The molecule has 3 aromatic heterocycles. The SMILES string of the molecule is CCOCc1nc(-c2cn3ncnc3c(Cc3cc(F)c(C)cc3F)n2)nc(O)c1F. The third kappa shape index (κ3) is 4.04. The van der Waals surface area contributed by atoms with Crippen LogP contribution in [-0.2, 0) is 17.8 Å². The Morgan fingerprint density at radius 3 is 2.65 bits per heavy atom. The molecule has 160 valence electrons. The number of halogens is 3. The number of aromatic nitrogens is 6. The summed E-state index contributed by atoms with van der Waals surface area (Å²) in [7, 11) is 0. The summed E-state index contributed by atoms with van der Waals surface area (Å²) in [4.78, 5) is 16.4. The van der Waals surface area contributed by atoms with Crippen molar-refractivity contribution in [3.63, 3.8) is 0 Å². The molecule has 0 aliphatic heterocycles. The van der Waals surface area contributed by atoms with E-state index in [2.05, 4.69) is 25.0 Å². The minimum Gasteiger partial charge on any atom is -0.491 e. The van der Waals surface area contributed by atoms with Crippen LogP contribution in [0, 0.1) is 24.4 Å². The second-order valence-electron chi connectivity index (χ2n) is 6.74. The maximum atomic E-state index is 14.4. The van der Waals surface area contributed by atoms with Crippen molar-refractivity contribution in [1.82, 2.24) is 29.5 Å². The maximum Gasteiger partial charge on any atom is 0.252 e. The Kier molecular flexibility index (Phi) is 5.51. The molecule has 0 spiro atoms. The molecule has 0 bridgehead atoms. The predicted molar refractivity (Wildman–Crippen MR) is 103 cm³/mol. The molecule has 0 amide bonds. The van der Waals surface area contributed by atoms with Crippen molar-refractivity contribution in [3.05, 3.63) is 64.6 Å². The Bertz CT molecular complexity index is 1280. The zero-order valence-electron chi connectivity index (χ0n) is 16.6. The summed E-state index contributed by atoms with van der Waals surface area (Å²) in [5.74, 6) is -3.05. The van der Waals surface area contributed by atoms with Gasteiger partial charge in [-0.05, 0) is 37.1 Å². The van der Waals surface area contributed by atoms with Gasteiger partial charge < -0.3 is 9.84 Å². The molecule has 1 N–H and O–H groups in total. The number of ether oxygens (including phenoxy) is 1. The topological polar surface area (TPSA) is 98.3 Å². The number of benzene rings is 1. The predicted octanol–water partition coefficient (Wildman–Crippen LogP) is 3.14. The molecule has 8 nitrogen and oxygen atoms in total. The molecule has 0 unspecified atom stereocenters. The van der Waals surface area contributed by atoms with Crippen LogP contribution in [0.15, 0.2) is 24.7 Å². The molecule has 0 aliphatic carbocycles. The molecule has 0 atom stereocenters. The van der Waals surface area contributed by atoms with Gasteiger partial charge in [-0.3, -0.25) is 0 Å². The third-order valence-electron chi connectivity index (χ3n) is 4.59. The van der Waals surface area contributed by atoms with Gasteiger partial charge in [0.05, 0.1) is 18.5 Å². The van der Waals surface area contributed by atoms with E-state index in [4.69, 9.17) is 4.74 Å². The lowest BCUT2D eigenvalue weighted by molar-refractivity contribution is 0.127. The third-order valence-corrected chi connectivity index (χ3v) is 4.59. The molecule has 0 saturated heterocycles. The number of rotatable bonds is 6. The molecular weight excluding hydrogens is 413 g/mol. The minimum absolute atomic E-state index is 0.0807. The molecule has 11 heteroatoms. The first-order chi connectivity index (χ1) is 14.9. The minimum atomic E-state index is -0.989. The van der Waals surface area contributed by atoms with Crippen molar-refractivity contribution in [1.29, 1.82) is 0 Å². The van der Waals surface area contributed by atoms with Gasteiger partial charge in [-0.2, -0.15) is 14.5 Å². The van der Waals surface area contributed by atoms with Crippen LogP contribution in [0.1, 0.15) is 29.4 Å². The van der Waals surface area contributed by atoms with E-state index in [9.17, 15) is 18.3 Å². The van der Waals surface area contributed by atoms with E-state index < -0.39 is 23.3 Å². The summed E-state index contributed by atoms with van der Waals surface area (Å²) in [6.07, 6.45) is 2.63. The van der Waals surface area contributed by atoms with Crippen molar-refractivity contribution in [2.75, 3.05) is 6.61 Å². The first-order valence-electron chi connectivity index (χ1n) is 9.34. The zero-order valence-corrected chi connectivity index (χ0v) is 16.6. The van der Waals surface area contributed by atoms with E-state index in [1.807, 2.05) is 0 Å². The number of fused-ring (bicyclic) bond motifs is 1. The quantitative estimate of drug-likeness (QED) is 0.502. The average molecular weight is 430 g/mol. The summed E-state index contributed by atoms with van der Waals surface area (Å²) < 4.78 is 49.0. The normalized spacial score (nSPS) is 11.4. The van der Waals surface area contributed by atoms with E-state index in [-0.39, 0.29) is 47.1 Å². The van der Waals surface area contributed by atoms with Gasteiger partial charge in [0.2, 0.25) is 5.82 Å². The highest BCUT2D eigenvalue weighted by Crippen LogP contribution is 2.24. The van der Waals surface area contributed by atoms with Gasteiger partial charge in [0.25, 0.3) is 5.88 Å². The van der Waals surface area contributed by atoms with Gasteiger partial charge in [0.1, 0.15) is 29.3 Å². The smallest absolute Gasteiger partial charge is 0.252 e. The van der Waals surface area contributed by atoms with Crippen LogP contribution in [0.5, 0.6) is 5.88 Å². The highest BCUT2D eigenvalue weighted by molar-refractivity contribution is 5.55. The first kappa shape index (κ1) is 20.7. The number of hydrogen-bond donors (Lipinski definition) is 1. The summed E-state index contributed by atoms with van der Waals surface area (Å²) >= 11 is 0. The van der Waals surface area contributed by atoms with E-state index in [1.54, 1.807) is 6.92 Å². The van der Waals surface area contributed by atoms with Crippen LogP contribution in [0.3, 0.4) is 0 Å². The van der Waals surface area contributed by atoms with Crippen molar-refractivity contribution >= 4 is 5.65 Å². The standard InChI is InChI=1S/C20H17F3N6O2/c1-3-31-8-16-17(23)20(30)28-18(27-16)15-7-29-19(24-9-25-29)14(26-15)6-11-5-12(21)10(2)4-13(11)22/h4-5,7,9H,3,6,8H2,1-2H3,(H,27,28,30). The monoisotopic (exact) mass is 430 g/mol. The maximum absolute atomic E-state index is 14.4. The molecular formula is C20H17F3N6O2. The fraction of sp³-hybridized carbons (Fsp3) is 0.250. The Morgan fingerprint density at radius 2 is 1.87 bits per heavy atom. The van der Waals surface area contributed by atoms with Crippen molar-refractivity contribution in [3.8, 4) is 17.4 Å². The lowest BCUT2D eigenvalue weighted by atomic mass is 10.1. The number of aryl methyl sites for hydroxylation is 1. The largest absolute Gasteiger partial charge is 0.491 e. The summed E-state index contributed by atoms with van der Waals surface area (Å²) in [5, 5.41) is 13.9. The van der Waals surface area contributed by atoms with Crippen LogP contribution < -0.4 is 0 Å². The van der Waals surface area contributed by atoms with Gasteiger partial charge >= 0.3 is 0 Å². The Hall–Kier alpha value is -3.60. The van der Waals surface area contributed by atoms with Crippen molar-refractivity contribution in [2.24, 2.45) is 0 Å². The fourth-order valence-corrected chi connectivity index (χ4v) is 3.01. The molecule has 1 aromatic carbocycles. The lowest BCUT2D eigenvalue weighted by Gasteiger charge is -2.10. The summed E-state index contributed by atoms with van der Waals surface area (Å²) in [5.41, 5.74) is 0.859. The lowest BCUT2D eigenvalue weighted by Crippen LogP contribution is -2.07. The van der Waals surface area contributed by atoms with E-state index in [1.165, 1.54) is 24.0 Å². The van der Waals surface area contributed by atoms with E-state index in [0.717, 1.165) is 12.1 Å². The Balaban J connectivity index is 1.81. The van der Waals surface area contributed by atoms with Gasteiger partial charge in [-0.1, -0.05) is 0 Å². The van der Waals surface area contributed by atoms with Gasteiger partial charge in [-0.15, -0.1) is 0 Å². The summed E-state index contributed by atoms with van der Waals surface area (Å²) in [6, 6.07) is 2.21. The number of aromatic hydroxyl groups is 1. The molecule has 0 aliphatic rings. The molecule has 0 fully saturated rings. The number of hydrogen-bond acceptors (Lipinski definition) is 7. The van der Waals surface area contributed by atoms with Gasteiger partial charge in [0.15, 0.2) is 11.5 Å². The second kappa shape index (κ2) is 8.26. The molecule has 4 aromatic rings. The summed E-state index contributed by atoms with van der Waals surface area (Å²) in [6.45, 7) is 3.36. The zero-order chi connectivity index (χ0) is 22.1. The highest BCUT2D eigenvalue weighted by Gasteiger charge is 2.19. The van der Waals surface area contributed by atoms with Crippen molar-refractivity contribution in [2.45, 2.75) is 26.9 Å². The molecule has 0 saturated carbocycles. The first-order valence-corrected chi connectivity index (χ1v) is 9.34. The van der Waals surface area contributed by atoms with Crippen molar-refractivity contribution < 1.29 is 23.0 Å². The van der Waals surface area contributed by atoms with Crippen LogP contribution >= 0.6 is 0 Å².